The summed E-state index contributed by atoms with van der Waals surface area (Å²) in [6.07, 6.45) is 0.972. The molecule has 0 aromatic heterocycles. The molecule has 0 amide bonds. The van der Waals surface area contributed by atoms with E-state index >= 15 is 0 Å². The summed E-state index contributed by atoms with van der Waals surface area (Å²) in [6, 6.07) is 2.25. The molecule has 0 atom stereocenters. The van der Waals surface area contributed by atoms with Crippen molar-refractivity contribution in [3.05, 3.63) is 28.3 Å². The Morgan fingerprint density at radius 3 is 2.24 bits per heavy atom. The van der Waals surface area contributed by atoms with Gasteiger partial charge in [-0.15, -0.1) is 0 Å². The highest BCUT2D eigenvalue weighted by Gasteiger charge is 2.21. The molecule has 0 saturated heterocycles. The molecule has 0 heterocycles. The van der Waals surface area contributed by atoms with Crippen molar-refractivity contribution in [2.75, 3.05) is 14.2 Å². The zero-order chi connectivity index (χ0) is 13.2. The summed E-state index contributed by atoms with van der Waals surface area (Å²) in [5.74, 6) is 1.05. The van der Waals surface area contributed by atoms with E-state index in [2.05, 4.69) is 46.0 Å². The van der Waals surface area contributed by atoms with Gasteiger partial charge in [0.25, 0.3) is 0 Å². The summed E-state index contributed by atoms with van der Waals surface area (Å²) in [4.78, 5) is 0. The van der Waals surface area contributed by atoms with Gasteiger partial charge in [-0.1, -0.05) is 6.07 Å². The summed E-state index contributed by atoms with van der Waals surface area (Å²) in [7, 11) is 3.76. The minimum atomic E-state index is 0.0831. The van der Waals surface area contributed by atoms with Crippen LogP contribution < -0.4 is 10.1 Å². The molecule has 1 N–H and O–H groups in total. The number of hydrogen-bond donors (Lipinski definition) is 1. The molecule has 1 rings (SSSR count). The van der Waals surface area contributed by atoms with Crippen LogP contribution in [0.4, 0.5) is 0 Å². The minimum absolute atomic E-state index is 0.0831. The number of hydrogen-bond acceptors (Lipinski definition) is 2. The number of rotatable bonds is 4. The quantitative estimate of drug-likeness (QED) is 0.865. The lowest BCUT2D eigenvalue weighted by Crippen LogP contribution is -2.38. The number of nitrogens with one attached hydrogen (secondary N) is 1. The van der Waals surface area contributed by atoms with Crippen LogP contribution in [0.3, 0.4) is 0 Å². The van der Waals surface area contributed by atoms with Gasteiger partial charge in [0.15, 0.2) is 0 Å². The Hall–Kier alpha value is -1.02. The summed E-state index contributed by atoms with van der Waals surface area (Å²) in [5.41, 5.74) is 5.26. The van der Waals surface area contributed by atoms with Gasteiger partial charge in [0.05, 0.1) is 7.11 Å². The molecule has 0 aliphatic carbocycles. The molecular weight excluding hydrogens is 210 g/mol. The van der Waals surface area contributed by atoms with Crippen molar-refractivity contribution in [2.45, 2.75) is 46.6 Å². The molecule has 0 aliphatic rings. The van der Waals surface area contributed by atoms with E-state index in [1.54, 1.807) is 7.11 Å². The third-order valence-corrected chi connectivity index (χ3v) is 3.61. The Morgan fingerprint density at radius 1 is 1.18 bits per heavy atom. The summed E-state index contributed by atoms with van der Waals surface area (Å²) < 4.78 is 5.60. The first-order chi connectivity index (χ1) is 7.82. The smallest absolute Gasteiger partial charge is 0.125 e. The monoisotopic (exact) mass is 235 g/mol. The van der Waals surface area contributed by atoms with Crippen LogP contribution in [-0.4, -0.2) is 19.7 Å². The Balaban J connectivity index is 3.28. The lowest BCUT2D eigenvalue weighted by molar-refractivity contribution is 0.383. The van der Waals surface area contributed by atoms with Crippen molar-refractivity contribution in [3.8, 4) is 5.75 Å². The maximum absolute atomic E-state index is 5.60. The van der Waals surface area contributed by atoms with Crippen LogP contribution in [0.25, 0.3) is 0 Å². The van der Waals surface area contributed by atoms with Crippen LogP contribution in [0.2, 0.25) is 0 Å². The van der Waals surface area contributed by atoms with Crippen LogP contribution in [0, 0.1) is 20.8 Å². The molecule has 0 saturated carbocycles. The number of methoxy groups -OCH3 is 1. The highest BCUT2D eigenvalue weighted by atomic mass is 16.5. The van der Waals surface area contributed by atoms with E-state index in [-0.39, 0.29) is 5.54 Å². The lowest BCUT2D eigenvalue weighted by atomic mass is 9.89. The van der Waals surface area contributed by atoms with E-state index in [1.807, 2.05) is 7.05 Å². The van der Waals surface area contributed by atoms with E-state index in [0.717, 1.165) is 12.2 Å². The van der Waals surface area contributed by atoms with E-state index in [1.165, 1.54) is 22.3 Å². The van der Waals surface area contributed by atoms with Crippen molar-refractivity contribution >= 4 is 0 Å². The summed E-state index contributed by atoms with van der Waals surface area (Å²) >= 11 is 0. The second kappa shape index (κ2) is 5.09. The molecule has 2 heteroatoms. The Bertz CT molecular complexity index is 408. The average Bonchev–Trinajstić information content (AvgIpc) is 2.26. The number of aryl methyl sites for hydroxylation is 2. The normalized spacial score (nSPS) is 11.7. The van der Waals surface area contributed by atoms with Gasteiger partial charge in [-0.2, -0.15) is 0 Å². The Labute approximate surface area is 105 Å². The standard InChI is InChI=1S/C15H25NO/c1-10-8-11(2)13(9-15(4,5)16-6)14(17-7)12(10)3/h8,16H,9H2,1-7H3. The highest BCUT2D eigenvalue weighted by Crippen LogP contribution is 2.31. The van der Waals surface area contributed by atoms with Gasteiger partial charge in [-0.25, -0.2) is 0 Å². The molecule has 0 unspecified atom stereocenters. The van der Waals surface area contributed by atoms with Gasteiger partial charge in [-0.3, -0.25) is 0 Å². The van der Waals surface area contributed by atoms with E-state index < -0.39 is 0 Å². The Morgan fingerprint density at radius 2 is 1.76 bits per heavy atom. The summed E-state index contributed by atoms with van der Waals surface area (Å²) in [5, 5.41) is 3.35. The van der Waals surface area contributed by atoms with Gasteiger partial charge >= 0.3 is 0 Å². The van der Waals surface area contributed by atoms with Crippen LogP contribution in [-0.2, 0) is 6.42 Å². The topological polar surface area (TPSA) is 21.3 Å². The SMILES string of the molecule is CNC(C)(C)Cc1c(C)cc(C)c(C)c1OC. The van der Waals surface area contributed by atoms with Crippen LogP contribution in [0.15, 0.2) is 6.07 Å². The first-order valence-corrected chi connectivity index (χ1v) is 6.15. The number of benzene rings is 1. The molecule has 96 valence electrons. The van der Waals surface area contributed by atoms with Crippen molar-refractivity contribution in [1.29, 1.82) is 0 Å². The molecule has 1 aromatic rings. The largest absolute Gasteiger partial charge is 0.496 e. The van der Waals surface area contributed by atoms with Crippen molar-refractivity contribution < 1.29 is 4.74 Å². The second-order valence-electron chi connectivity index (χ2n) is 5.46. The Kier molecular flexibility index (Phi) is 4.21. The molecule has 0 spiro atoms. The van der Waals surface area contributed by atoms with E-state index in [9.17, 15) is 0 Å². The fraction of sp³-hybridized carbons (Fsp3) is 0.600. The van der Waals surface area contributed by atoms with E-state index in [0.29, 0.717) is 0 Å². The van der Waals surface area contributed by atoms with Crippen molar-refractivity contribution in [2.24, 2.45) is 0 Å². The maximum atomic E-state index is 5.60. The molecule has 0 radical (unpaired) electrons. The van der Waals surface area contributed by atoms with Crippen LogP contribution in [0.5, 0.6) is 5.75 Å². The van der Waals surface area contributed by atoms with Gasteiger partial charge in [-0.05, 0) is 70.3 Å². The van der Waals surface area contributed by atoms with Gasteiger partial charge in [0.1, 0.15) is 5.75 Å². The summed E-state index contributed by atoms with van der Waals surface area (Å²) in [6.45, 7) is 10.8. The molecule has 0 aliphatic heterocycles. The first kappa shape index (κ1) is 14.0. The fourth-order valence-corrected chi connectivity index (χ4v) is 2.13. The zero-order valence-electron chi connectivity index (χ0n) is 12.2. The molecule has 2 nitrogen and oxygen atoms in total. The third-order valence-electron chi connectivity index (χ3n) is 3.61. The molecule has 17 heavy (non-hydrogen) atoms. The average molecular weight is 235 g/mol. The third kappa shape index (κ3) is 3.01. The molecule has 0 bridgehead atoms. The van der Waals surface area contributed by atoms with Gasteiger partial charge in [0, 0.05) is 5.54 Å². The van der Waals surface area contributed by atoms with Crippen molar-refractivity contribution in [3.63, 3.8) is 0 Å². The maximum Gasteiger partial charge on any atom is 0.125 e. The second-order valence-corrected chi connectivity index (χ2v) is 5.46. The van der Waals surface area contributed by atoms with Crippen molar-refractivity contribution in [1.82, 2.24) is 5.32 Å². The fourth-order valence-electron chi connectivity index (χ4n) is 2.13. The predicted molar refractivity (Wildman–Crippen MR) is 74.0 cm³/mol. The van der Waals surface area contributed by atoms with Crippen LogP contribution >= 0.6 is 0 Å². The molecule has 1 aromatic carbocycles. The number of ether oxygens (including phenoxy) is 1. The molecule has 0 fully saturated rings. The lowest BCUT2D eigenvalue weighted by Gasteiger charge is -2.27. The molecular formula is C15H25NO. The van der Waals surface area contributed by atoms with Crippen LogP contribution in [0.1, 0.15) is 36.1 Å². The number of likely N-dealkylation sites (N-methyl/N-ethyl adjacent to an activating group) is 1. The zero-order valence-corrected chi connectivity index (χ0v) is 12.2. The minimum Gasteiger partial charge on any atom is -0.496 e. The first-order valence-electron chi connectivity index (χ1n) is 6.15. The van der Waals surface area contributed by atoms with Gasteiger partial charge < -0.3 is 10.1 Å². The van der Waals surface area contributed by atoms with E-state index in [4.69, 9.17) is 4.74 Å². The highest BCUT2D eigenvalue weighted by molar-refractivity contribution is 5.50. The predicted octanol–water partition coefficient (Wildman–Crippen LogP) is 3.16. The van der Waals surface area contributed by atoms with Gasteiger partial charge in [0.2, 0.25) is 0 Å².